The highest BCUT2D eigenvalue weighted by Crippen LogP contribution is 2.39. The molecule has 1 aliphatic heterocycles. The second-order valence-corrected chi connectivity index (χ2v) is 7.76. The highest BCUT2D eigenvalue weighted by molar-refractivity contribution is 8.26. The number of hydrogen-bond acceptors (Lipinski definition) is 3. The van der Waals surface area contributed by atoms with Crippen LogP contribution in [0.2, 0.25) is 10.0 Å². The van der Waals surface area contributed by atoms with Crippen molar-refractivity contribution in [3.8, 4) is 0 Å². The van der Waals surface area contributed by atoms with E-state index < -0.39 is 0 Å². The van der Waals surface area contributed by atoms with Crippen LogP contribution in [0.25, 0.3) is 6.08 Å². The van der Waals surface area contributed by atoms with Crippen molar-refractivity contribution in [2.75, 3.05) is 0 Å². The van der Waals surface area contributed by atoms with Crippen molar-refractivity contribution in [2.45, 2.75) is 13.0 Å². The van der Waals surface area contributed by atoms with Crippen LogP contribution < -0.4 is 0 Å². The van der Waals surface area contributed by atoms with Crippen molar-refractivity contribution < 1.29 is 4.79 Å². The van der Waals surface area contributed by atoms with E-state index in [2.05, 4.69) is 0 Å². The van der Waals surface area contributed by atoms with Gasteiger partial charge >= 0.3 is 0 Å². The van der Waals surface area contributed by atoms with Crippen LogP contribution in [0.5, 0.6) is 0 Å². The van der Waals surface area contributed by atoms with Gasteiger partial charge in [-0.1, -0.05) is 83.6 Å². The SMILES string of the molecule is CC(c1ccccc1)N1C(=O)/C(=C/c2c(Cl)cccc2Cl)SC1=S. The molecular weight excluding hydrogens is 381 g/mol. The first-order chi connectivity index (χ1) is 11.5. The van der Waals surface area contributed by atoms with Gasteiger partial charge in [0.05, 0.1) is 10.9 Å². The van der Waals surface area contributed by atoms with Crippen molar-refractivity contribution in [2.24, 2.45) is 0 Å². The number of nitrogens with zero attached hydrogens (tertiary/aromatic N) is 1. The van der Waals surface area contributed by atoms with Crippen LogP contribution in [0.3, 0.4) is 0 Å². The summed E-state index contributed by atoms with van der Waals surface area (Å²) in [4.78, 5) is 15.0. The molecule has 0 aromatic heterocycles. The first-order valence-corrected chi connectivity index (χ1v) is 9.23. The number of carbonyl (C=O) groups excluding carboxylic acids is 1. The summed E-state index contributed by atoms with van der Waals surface area (Å²) >= 11 is 19.1. The highest BCUT2D eigenvalue weighted by atomic mass is 35.5. The molecule has 1 heterocycles. The van der Waals surface area contributed by atoms with Crippen molar-refractivity contribution in [3.63, 3.8) is 0 Å². The third-order valence-electron chi connectivity index (χ3n) is 3.77. The zero-order valence-corrected chi connectivity index (χ0v) is 15.8. The second kappa shape index (κ2) is 7.28. The van der Waals surface area contributed by atoms with Crippen molar-refractivity contribution in [1.82, 2.24) is 4.90 Å². The monoisotopic (exact) mass is 393 g/mol. The van der Waals surface area contributed by atoms with Crippen LogP contribution in [0.1, 0.15) is 24.1 Å². The van der Waals surface area contributed by atoms with E-state index in [1.54, 1.807) is 29.2 Å². The van der Waals surface area contributed by atoms with Crippen LogP contribution in [-0.2, 0) is 4.79 Å². The molecule has 0 N–H and O–H groups in total. The molecule has 0 aliphatic carbocycles. The number of hydrogen-bond donors (Lipinski definition) is 0. The Morgan fingerprint density at radius 2 is 1.71 bits per heavy atom. The van der Waals surface area contributed by atoms with Gasteiger partial charge < -0.3 is 0 Å². The lowest BCUT2D eigenvalue weighted by atomic mass is 10.1. The van der Waals surface area contributed by atoms with Gasteiger partial charge in [-0.15, -0.1) is 0 Å². The molecule has 2 aromatic carbocycles. The minimum absolute atomic E-state index is 0.127. The van der Waals surface area contributed by atoms with Crippen molar-refractivity contribution >= 4 is 63.5 Å². The minimum atomic E-state index is -0.133. The number of thiocarbonyl (C=S) groups is 1. The summed E-state index contributed by atoms with van der Waals surface area (Å²) < 4.78 is 0.533. The van der Waals surface area contributed by atoms with E-state index in [1.807, 2.05) is 37.3 Å². The smallest absolute Gasteiger partial charge is 0.266 e. The maximum atomic E-state index is 12.8. The molecule has 1 unspecified atom stereocenters. The highest BCUT2D eigenvalue weighted by Gasteiger charge is 2.36. The lowest BCUT2D eigenvalue weighted by molar-refractivity contribution is -0.123. The molecule has 0 saturated carbocycles. The van der Waals surface area contributed by atoms with Gasteiger partial charge in [-0.05, 0) is 30.7 Å². The number of rotatable bonds is 3. The summed E-state index contributed by atoms with van der Waals surface area (Å²) in [5.41, 5.74) is 1.67. The summed E-state index contributed by atoms with van der Waals surface area (Å²) in [6.45, 7) is 1.96. The maximum absolute atomic E-state index is 12.8. The minimum Gasteiger partial charge on any atom is -0.286 e. The molecule has 3 rings (SSSR count). The fraction of sp³-hybridized carbons (Fsp3) is 0.111. The van der Waals surface area contributed by atoms with Gasteiger partial charge in [0.25, 0.3) is 5.91 Å². The number of carbonyl (C=O) groups is 1. The Morgan fingerprint density at radius 1 is 1.08 bits per heavy atom. The summed E-state index contributed by atoms with van der Waals surface area (Å²) in [6.07, 6.45) is 1.71. The van der Waals surface area contributed by atoms with Crippen LogP contribution in [0.4, 0.5) is 0 Å². The molecule has 1 fully saturated rings. The van der Waals surface area contributed by atoms with E-state index in [1.165, 1.54) is 11.8 Å². The number of thioether (sulfide) groups is 1. The number of halogens is 2. The molecular formula is C18H13Cl2NOS2. The molecule has 1 amide bonds. The molecule has 2 aromatic rings. The van der Waals surface area contributed by atoms with Crippen molar-refractivity contribution in [3.05, 3.63) is 74.6 Å². The van der Waals surface area contributed by atoms with E-state index in [9.17, 15) is 4.79 Å². The van der Waals surface area contributed by atoms with Crippen LogP contribution >= 0.6 is 47.2 Å². The second-order valence-electron chi connectivity index (χ2n) is 5.27. The molecule has 24 heavy (non-hydrogen) atoms. The van der Waals surface area contributed by atoms with Gasteiger partial charge in [0.15, 0.2) is 0 Å². The lowest BCUT2D eigenvalue weighted by Crippen LogP contribution is -2.30. The standard InChI is InChI=1S/C18H13Cl2NOS2/c1-11(12-6-3-2-4-7-12)21-17(22)16(24-18(21)23)10-13-14(19)8-5-9-15(13)20/h2-11H,1H3/b16-10-. The molecule has 2 nitrogen and oxygen atoms in total. The predicted molar refractivity (Wildman–Crippen MR) is 106 cm³/mol. The normalized spacial score (nSPS) is 17.6. The van der Waals surface area contributed by atoms with E-state index in [0.717, 1.165) is 5.56 Å². The molecule has 1 atom stereocenters. The van der Waals surface area contributed by atoms with Gasteiger partial charge in [0.1, 0.15) is 4.32 Å². The maximum Gasteiger partial charge on any atom is 0.266 e. The topological polar surface area (TPSA) is 20.3 Å². The molecule has 0 spiro atoms. The zero-order chi connectivity index (χ0) is 17.3. The summed E-state index contributed by atoms with van der Waals surface area (Å²) in [6, 6.07) is 14.9. The Kier molecular flexibility index (Phi) is 5.30. The Labute approximate surface area is 160 Å². The molecule has 1 aliphatic rings. The van der Waals surface area contributed by atoms with E-state index in [-0.39, 0.29) is 11.9 Å². The van der Waals surface area contributed by atoms with Crippen LogP contribution in [-0.4, -0.2) is 15.1 Å². The first kappa shape index (κ1) is 17.5. The van der Waals surface area contributed by atoms with Crippen molar-refractivity contribution in [1.29, 1.82) is 0 Å². The molecule has 122 valence electrons. The number of benzene rings is 2. The fourth-order valence-corrected chi connectivity index (χ4v) is 4.38. The quantitative estimate of drug-likeness (QED) is 0.474. The van der Waals surface area contributed by atoms with Gasteiger partial charge in [0.2, 0.25) is 0 Å². The largest absolute Gasteiger partial charge is 0.286 e. The van der Waals surface area contributed by atoms with Gasteiger partial charge in [-0.25, -0.2) is 0 Å². The summed E-state index contributed by atoms with van der Waals surface area (Å²) in [5, 5.41) is 1.01. The third kappa shape index (κ3) is 3.38. The Morgan fingerprint density at radius 3 is 2.33 bits per heavy atom. The Balaban J connectivity index is 1.94. The number of amides is 1. The first-order valence-electron chi connectivity index (χ1n) is 7.25. The van der Waals surface area contributed by atoms with Gasteiger partial charge in [-0.2, -0.15) is 0 Å². The Bertz CT molecular complexity index is 816. The lowest BCUT2D eigenvalue weighted by Gasteiger charge is -2.23. The predicted octanol–water partition coefficient (Wildman–Crippen LogP) is 5.96. The average molecular weight is 394 g/mol. The van der Waals surface area contributed by atoms with Crippen LogP contribution in [0, 0.1) is 0 Å². The Hall–Kier alpha value is -1.33. The average Bonchev–Trinajstić information content (AvgIpc) is 2.85. The van der Waals surface area contributed by atoms with Gasteiger partial charge in [0, 0.05) is 15.6 Å². The molecule has 1 saturated heterocycles. The molecule has 0 radical (unpaired) electrons. The molecule has 6 heteroatoms. The van der Waals surface area contributed by atoms with E-state index in [0.29, 0.717) is 24.8 Å². The molecule has 0 bridgehead atoms. The van der Waals surface area contributed by atoms with E-state index >= 15 is 0 Å². The zero-order valence-electron chi connectivity index (χ0n) is 12.7. The summed E-state index contributed by atoms with van der Waals surface area (Å²) in [5.74, 6) is -0.127. The van der Waals surface area contributed by atoms with Crippen LogP contribution in [0.15, 0.2) is 53.4 Å². The summed E-state index contributed by atoms with van der Waals surface area (Å²) in [7, 11) is 0. The third-order valence-corrected chi connectivity index (χ3v) is 5.76. The fourth-order valence-electron chi connectivity index (χ4n) is 2.47. The van der Waals surface area contributed by atoms with Gasteiger partial charge in [-0.3, -0.25) is 9.69 Å². The van der Waals surface area contributed by atoms with E-state index in [4.69, 9.17) is 35.4 Å².